The van der Waals surface area contributed by atoms with E-state index in [0.29, 0.717) is 10.0 Å². The van der Waals surface area contributed by atoms with Crippen LogP contribution < -0.4 is 5.32 Å². The summed E-state index contributed by atoms with van der Waals surface area (Å²) in [5, 5.41) is 11.6. The number of nitriles is 1. The number of carbonyl (C=O) groups excluding carboxylic acids is 1. The third kappa shape index (κ3) is 2.86. The Hall–Kier alpha value is -2.19. The molecule has 0 aliphatic heterocycles. The van der Waals surface area contributed by atoms with Crippen molar-refractivity contribution in [1.29, 1.82) is 5.26 Å². The van der Waals surface area contributed by atoms with Gasteiger partial charge in [0.2, 0.25) is 0 Å². The van der Waals surface area contributed by atoms with Crippen molar-refractivity contribution in [2.75, 3.05) is 5.32 Å². The number of nitrogens with one attached hydrogen (secondary N) is 1. The highest BCUT2D eigenvalue weighted by Gasteiger charge is 2.13. The van der Waals surface area contributed by atoms with Crippen molar-refractivity contribution in [2.45, 2.75) is 6.92 Å². The van der Waals surface area contributed by atoms with Crippen LogP contribution in [0.5, 0.6) is 0 Å². The van der Waals surface area contributed by atoms with Crippen LogP contribution in [0.3, 0.4) is 0 Å². The molecule has 2 aromatic rings. The first-order valence-electron chi connectivity index (χ1n) is 5.79. The molecule has 0 bridgehead atoms. The molecule has 0 atom stereocenters. The minimum atomic E-state index is -0.517. The van der Waals surface area contributed by atoms with Crippen LogP contribution in [0, 0.1) is 24.1 Å². The first-order chi connectivity index (χ1) is 9.52. The maximum absolute atomic E-state index is 13.0. The maximum Gasteiger partial charge on any atom is 0.256 e. The topological polar surface area (TPSA) is 52.9 Å². The summed E-state index contributed by atoms with van der Waals surface area (Å²) >= 11 is 3.36. The predicted molar refractivity (Wildman–Crippen MR) is 77.9 cm³/mol. The molecular formula is C15H10BrFN2O. The normalized spacial score (nSPS) is 9.90. The number of hydrogen-bond acceptors (Lipinski definition) is 2. The molecule has 20 heavy (non-hydrogen) atoms. The minimum Gasteiger partial charge on any atom is -0.321 e. The Morgan fingerprint density at radius 3 is 2.80 bits per heavy atom. The van der Waals surface area contributed by atoms with Crippen LogP contribution >= 0.6 is 15.9 Å². The standard InChI is InChI=1S/C15H10BrFN2O/c1-9-3-2-4-12(14(9)16)15(20)19-13-6-5-11(17)7-10(13)8-18/h2-7H,1H3,(H,19,20). The molecule has 0 fully saturated rings. The Kier molecular flexibility index (Phi) is 4.16. The van der Waals surface area contributed by atoms with Gasteiger partial charge in [-0.05, 0) is 52.7 Å². The molecular weight excluding hydrogens is 323 g/mol. The fourth-order valence-electron chi connectivity index (χ4n) is 1.73. The van der Waals surface area contributed by atoms with Gasteiger partial charge >= 0.3 is 0 Å². The fourth-order valence-corrected chi connectivity index (χ4v) is 2.17. The molecule has 1 amide bonds. The van der Waals surface area contributed by atoms with E-state index in [0.717, 1.165) is 11.6 Å². The average molecular weight is 333 g/mol. The number of halogens is 2. The van der Waals surface area contributed by atoms with E-state index in [2.05, 4.69) is 21.2 Å². The monoisotopic (exact) mass is 332 g/mol. The van der Waals surface area contributed by atoms with Gasteiger partial charge in [-0.25, -0.2) is 4.39 Å². The van der Waals surface area contributed by atoms with E-state index >= 15 is 0 Å². The molecule has 0 aliphatic carbocycles. The number of amides is 1. The van der Waals surface area contributed by atoms with Gasteiger partial charge in [0, 0.05) is 4.47 Å². The molecule has 100 valence electrons. The van der Waals surface area contributed by atoms with E-state index in [9.17, 15) is 9.18 Å². The quantitative estimate of drug-likeness (QED) is 0.902. The van der Waals surface area contributed by atoms with Gasteiger partial charge in [-0.3, -0.25) is 4.79 Å². The van der Waals surface area contributed by atoms with Crippen LogP contribution in [0.2, 0.25) is 0 Å². The SMILES string of the molecule is Cc1cccc(C(=O)Nc2ccc(F)cc2C#N)c1Br. The smallest absolute Gasteiger partial charge is 0.256 e. The summed E-state index contributed by atoms with van der Waals surface area (Å²) in [5.74, 6) is -0.875. The number of hydrogen-bond donors (Lipinski definition) is 1. The number of rotatable bonds is 2. The van der Waals surface area contributed by atoms with E-state index in [1.807, 2.05) is 19.1 Å². The fraction of sp³-hybridized carbons (Fsp3) is 0.0667. The summed E-state index contributed by atoms with van der Waals surface area (Å²) in [4.78, 5) is 12.2. The molecule has 2 rings (SSSR count). The van der Waals surface area contributed by atoms with Gasteiger partial charge in [-0.2, -0.15) is 5.26 Å². The van der Waals surface area contributed by atoms with Crippen LogP contribution in [0.4, 0.5) is 10.1 Å². The van der Waals surface area contributed by atoms with E-state index in [-0.39, 0.29) is 17.2 Å². The predicted octanol–water partition coefficient (Wildman–Crippen LogP) is 4.02. The Morgan fingerprint density at radius 2 is 2.10 bits per heavy atom. The van der Waals surface area contributed by atoms with Crippen molar-refractivity contribution >= 4 is 27.5 Å². The number of benzene rings is 2. The highest BCUT2D eigenvalue weighted by molar-refractivity contribution is 9.10. The molecule has 3 nitrogen and oxygen atoms in total. The molecule has 0 heterocycles. The number of nitrogens with zero attached hydrogens (tertiary/aromatic N) is 1. The molecule has 0 aliphatic rings. The maximum atomic E-state index is 13.0. The van der Waals surface area contributed by atoms with E-state index in [1.165, 1.54) is 12.1 Å². The van der Waals surface area contributed by atoms with Crippen molar-refractivity contribution in [3.05, 3.63) is 63.4 Å². The van der Waals surface area contributed by atoms with E-state index in [4.69, 9.17) is 5.26 Å². The van der Waals surface area contributed by atoms with Crippen molar-refractivity contribution in [1.82, 2.24) is 0 Å². The minimum absolute atomic E-state index is 0.0853. The summed E-state index contributed by atoms with van der Waals surface area (Å²) in [6.07, 6.45) is 0. The Morgan fingerprint density at radius 1 is 1.35 bits per heavy atom. The third-order valence-electron chi connectivity index (χ3n) is 2.79. The summed E-state index contributed by atoms with van der Waals surface area (Å²) in [6.45, 7) is 1.87. The molecule has 0 saturated heterocycles. The highest BCUT2D eigenvalue weighted by atomic mass is 79.9. The second-order valence-electron chi connectivity index (χ2n) is 4.19. The van der Waals surface area contributed by atoms with Crippen molar-refractivity contribution in [2.24, 2.45) is 0 Å². The van der Waals surface area contributed by atoms with Gasteiger partial charge in [-0.15, -0.1) is 0 Å². The summed E-state index contributed by atoms with van der Waals surface area (Å²) in [7, 11) is 0. The van der Waals surface area contributed by atoms with Gasteiger partial charge in [0.05, 0.1) is 16.8 Å². The average Bonchev–Trinajstić information content (AvgIpc) is 2.43. The largest absolute Gasteiger partial charge is 0.321 e. The van der Waals surface area contributed by atoms with Gasteiger partial charge in [0.25, 0.3) is 5.91 Å². The zero-order chi connectivity index (χ0) is 14.7. The molecule has 2 aromatic carbocycles. The lowest BCUT2D eigenvalue weighted by atomic mass is 10.1. The number of anilines is 1. The first kappa shape index (κ1) is 14.2. The van der Waals surface area contributed by atoms with Crippen molar-refractivity contribution < 1.29 is 9.18 Å². The van der Waals surface area contributed by atoms with Crippen molar-refractivity contribution in [3.63, 3.8) is 0 Å². The lowest BCUT2D eigenvalue weighted by molar-refractivity contribution is 0.102. The Labute approximate surface area is 124 Å². The van der Waals surface area contributed by atoms with Gasteiger partial charge < -0.3 is 5.32 Å². The van der Waals surface area contributed by atoms with Gasteiger partial charge in [0.1, 0.15) is 11.9 Å². The van der Waals surface area contributed by atoms with Gasteiger partial charge in [0.15, 0.2) is 0 Å². The molecule has 5 heteroatoms. The molecule has 0 radical (unpaired) electrons. The third-order valence-corrected chi connectivity index (χ3v) is 3.84. The highest BCUT2D eigenvalue weighted by Crippen LogP contribution is 2.23. The van der Waals surface area contributed by atoms with E-state index < -0.39 is 5.82 Å². The van der Waals surface area contributed by atoms with Crippen LogP contribution in [-0.2, 0) is 0 Å². The van der Waals surface area contributed by atoms with Crippen LogP contribution in [-0.4, -0.2) is 5.91 Å². The molecule has 0 aromatic heterocycles. The first-order valence-corrected chi connectivity index (χ1v) is 6.58. The molecule has 0 unspecified atom stereocenters. The van der Waals surface area contributed by atoms with E-state index in [1.54, 1.807) is 12.1 Å². The number of carbonyl (C=O) groups is 1. The lowest BCUT2D eigenvalue weighted by Crippen LogP contribution is -2.14. The second kappa shape index (κ2) is 5.85. The zero-order valence-corrected chi connectivity index (χ0v) is 12.2. The Balaban J connectivity index is 2.33. The lowest BCUT2D eigenvalue weighted by Gasteiger charge is -2.09. The van der Waals surface area contributed by atoms with Gasteiger partial charge in [-0.1, -0.05) is 12.1 Å². The second-order valence-corrected chi connectivity index (χ2v) is 4.99. The van der Waals surface area contributed by atoms with Crippen molar-refractivity contribution in [3.8, 4) is 6.07 Å². The molecule has 0 spiro atoms. The summed E-state index contributed by atoms with van der Waals surface area (Å²) in [6, 6.07) is 10.8. The Bertz CT molecular complexity index is 722. The summed E-state index contributed by atoms with van der Waals surface area (Å²) in [5.41, 5.74) is 1.75. The van der Waals surface area contributed by atoms with Crippen LogP contribution in [0.1, 0.15) is 21.5 Å². The number of aryl methyl sites for hydroxylation is 1. The van der Waals surface area contributed by atoms with Crippen LogP contribution in [0.25, 0.3) is 0 Å². The van der Waals surface area contributed by atoms with Crippen LogP contribution in [0.15, 0.2) is 40.9 Å². The zero-order valence-electron chi connectivity index (χ0n) is 10.6. The summed E-state index contributed by atoms with van der Waals surface area (Å²) < 4.78 is 13.7. The molecule has 1 N–H and O–H groups in total. The molecule has 0 saturated carbocycles.